The number of nitrogens with zero attached hydrogens (tertiary/aromatic N) is 1. The van der Waals surface area contributed by atoms with E-state index in [-0.39, 0.29) is 0 Å². The number of allylic oxidation sites excluding steroid dienone is 13. The smallest absolute Gasteiger partial charge is 0.0493 e. The molecule has 0 unspecified atom stereocenters. The monoisotopic (exact) mass is 493 g/mol. The summed E-state index contributed by atoms with van der Waals surface area (Å²) < 4.78 is 0. The van der Waals surface area contributed by atoms with Gasteiger partial charge >= 0.3 is 0 Å². The highest BCUT2D eigenvalue weighted by Gasteiger charge is 2.19. The first-order valence-electron chi connectivity index (χ1n) is 13.5. The molecule has 2 aliphatic rings. The lowest BCUT2D eigenvalue weighted by atomic mass is 10.0. The Hall–Kier alpha value is -4.36. The molecule has 1 nitrogen and oxygen atoms in total. The summed E-state index contributed by atoms with van der Waals surface area (Å²) in [5.74, 6) is 0. The van der Waals surface area contributed by atoms with Crippen LogP contribution in [0.4, 0.5) is 5.69 Å². The van der Waals surface area contributed by atoms with Crippen LogP contribution in [0.15, 0.2) is 163 Å². The molecule has 0 saturated heterocycles. The van der Waals surface area contributed by atoms with Crippen LogP contribution in [0.5, 0.6) is 0 Å². The largest absolute Gasteiger partial charge is 0.314 e. The number of rotatable bonds is 8. The minimum Gasteiger partial charge on any atom is -0.314 e. The fraction of sp³-hybridized carbons (Fsp3) is 0.135. The maximum Gasteiger partial charge on any atom is 0.0493 e. The molecule has 5 rings (SSSR count). The van der Waals surface area contributed by atoms with Gasteiger partial charge < -0.3 is 4.90 Å². The van der Waals surface area contributed by atoms with Crippen LogP contribution in [0.2, 0.25) is 0 Å². The zero-order chi connectivity index (χ0) is 26.2. The molecule has 38 heavy (non-hydrogen) atoms. The third kappa shape index (κ3) is 6.12. The summed E-state index contributed by atoms with van der Waals surface area (Å²) in [5, 5.41) is 2.52. The Morgan fingerprint density at radius 2 is 1.71 bits per heavy atom. The average molecular weight is 494 g/mol. The molecule has 3 aromatic rings. The van der Waals surface area contributed by atoms with Crippen molar-refractivity contribution in [3.05, 3.63) is 174 Å². The molecule has 0 saturated carbocycles. The average Bonchev–Trinajstić information content (AvgIpc) is 3.48. The molecule has 0 aromatic heterocycles. The molecule has 0 spiro atoms. The first-order chi connectivity index (χ1) is 18.7. The van der Waals surface area contributed by atoms with Crippen LogP contribution in [-0.2, 0) is 12.8 Å². The Labute approximate surface area is 227 Å². The van der Waals surface area contributed by atoms with Crippen molar-refractivity contribution in [2.24, 2.45) is 0 Å². The van der Waals surface area contributed by atoms with Gasteiger partial charge in [0.1, 0.15) is 0 Å². The van der Waals surface area contributed by atoms with Crippen molar-refractivity contribution in [1.82, 2.24) is 0 Å². The number of benzene rings is 3. The van der Waals surface area contributed by atoms with E-state index < -0.39 is 0 Å². The highest BCUT2D eigenvalue weighted by Crippen LogP contribution is 2.33. The van der Waals surface area contributed by atoms with Crippen molar-refractivity contribution in [3.63, 3.8) is 0 Å². The van der Waals surface area contributed by atoms with Gasteiger partial charge in [-0.15, -0.1) is 0 Å². The lowest BCUT2D eigenvalue weighted by Gasteiger charge is -2.30. The highest BCUT2D eigenvalue weighted by molar-refractivity contribution is 5.83. The summed E-state index contributed by atoms with van der Waals surface area (Å²) in [6, 6.07) is 24.0. The molecule has 1 heteroatoms. The van der Waals surface area contributed by atoms with Gasteiger partial charge in [-0.05, 0) is 65.8 Å². The minimum absolute atomic E-state index is 0.787. The summed E-state index contributed by atoms with van der Waals surface area (Å²) in [5.41, 5.74) is 8.76. The van der Waals surface area contributed by atoms with E-state index in [1.54, 1.807) is 0 Å². The summed E-state index contributed by atoms with van der Waals surface area (Å²) in [6.45, 7) is 8.42. The normalized spacial score (nSPS) is 17.9. The first kappa shape index (κ1) is 25.3. The molecular weight excluding hydrogens is 458 g/mol. The van der Waals surface area contributed by atoms with E-state index in [1.807, 2.05) is 12.2 Å². The van der Waals surface area contributed by atoms with Gasteiger partial charge in [0.05, 0.1) is 0 Å². The predicted octanol–water partition coefficient (Wildman–Crippen LogP) is 9.73. The molecule has 3 aromatic carbocycles. The van der Waals surface area contributed by atoms with Crippen LogP contribution in [0.1, 0.15) is 30.4 Å². The molecule has 0 fully saturated rings. The third-order valence-electron chi connectivity index (χ3n) is 7.20. The molecule has 0 radical (unpaired) electrons. The van der Waals surface area contributed by atoms with E-state index >= 15 is 0 Å². The van der Waals surface area contributed by atoms with E-state index in [1.165, 1.54) is 44.4 Å². The summed E-state index contributed by atoms with van der Waals surface area (Å²) in [7, 11) is 0. The maximum absolute atomic E-state index is 4.56. The lowest BCUT2D eigenvalue weighted by Crippen LogP contribution is -2.23. The molecule has 0 N–H and O–H groups in total. The van der Waals surface area contributed by atoms with Crippen molar-refractivity contribution >= 4 is 16.5 Å². The van der Waals surface area contributed by atoms with E-state index in [2.05, 4.69) is 133 Å². The van der Waals surface area contributed by atoms with E-state index in [4.69, 9.17) is 0 Å². The second-order valence-electron chi connectivity index (χ2n) is 9.87. The first-order valence-corrected chi connectivity index (χ1v) is 13.5. The summed E-state index contributed by atoms with van der Waals surface area (Å²) in [4.78, 5) is 2.33. The zero-order valence-corrected chi connectivity index (χ0v) is 22.0. The second kappa shape index (κ2) is 12.3. The number of fused-ring (bicyclic) bond motifs is 2. The van der Waals surface area contributed by atoms with Crippen LogP contribution in [-0.4, -0.2) is 0 Å². The summed E-state index contributed by atoms with van der Waals surface area (Å²) >= 11 is 0. The van der Waals surface area contributed by atoms with Gasteiger partial charge in [-0.3, -0.25) is 0 Å². The van der Waals surface area contributed by atoms with Gasteiger partial charge in [-0.25, -0.2) is 0 Å². The molecule has 1 aliphatic heterocycles. The van der Waals surface area contributed by atoms with Crippen LogP contribution < -0.4 is 4.90 Å². The standard InChI is InChI=1S/C37H35N/c1-3-4-5-17-36(28-32-24-25-33-14-8-9-16-35(33)27-32)38-29(2)19-20-31(22-21-30-12-6-7-13-30)23-26-34-15-10-11-18-37(34)38/h3-12,14-20,23-25,27H,1-2,13,21-22,26,28H2/b5-4-,20-19-,31-23+,36-17+. The number of anilines is 1. The zero-order valence-electron chi connectivity index (χ0n) is 22.0. The van der Waals surface area contributed by atoms with E-state index in [0.29, 0.717) is 0 Å². The van der Waals surface area contributed by atoms with Crippen LogP contribution >= 0.6 is 0 Å². The molecular formula is C37H35N. The van der Waals surface area contributed by atoms with Gasteiger partial charge in [0.25, 0.3) is 0 Å². The summed E-state index contributed by atoms with van der Waals surface area (Å²) in [6.07, 6.45) is 26.5. The number of para-hydroxylation sites is 1. The Bertz CT molecular complexity index is 1520. The lowest BCUT2D eigenvalue weighted by molar-refractivity contribution is 0.917. The van der Waals surface area contributed by atoms with Crippen molar-refractivity contribution in [3.8, 4) is 0 Å². The van der Waals surface area contributed by atoms with Gasteiger partial charge in [-0.1, -0.05) is 134 Å². The van der Waals surface area contributed by atoms with Crippen LogP contribution in [0.25, 0.3) is 10.8 Å². The Morgan fingerprint density at radius 1 is 0.868 bits per heavy atom. The second-order valence-corrected chi connectivity index (χ2v) is 9.87. The van der Waals surface area contributed by atoms with E-state index in [0.717, 1.165) is 37.8 Å². The van der Waals surface area contributed by atoms with Crippen molar-refractivity contribution in [1.29, 1.82) is 0 Å². The Morgan fingerprint density at radius 3 is 2.55 bits per heavy atom. The van der Waals surface area contributed by atoms with Crippen LogP contribution in [0, 0.1) is 0 Å². The highest BCUT2D eigenvalue weighted by atomic mass is 15.2. The molecule has 0 atom stereocenters. The minimum atomic E-state index is 0.787. The number of hydrogen-bond acceptors (Lipinski definition) is 1. The third-order valence-corrected chi connectivity index (χ3v) is 7.20. The van der Waals surface area contributed by atoms with Gasteiger partial charge in [0.15, 0.2) is 0 Å². The molecule has 1 aliphatic carbocycles. The maximum atomic E-state index is 4.56. The molecule has 1 heterocycles. The topological polar surface area (TPSA) is 3.24 Å². The van der Waals surface area contributed by atoms with Crippen molar-refractivity contribution in [2.75, 3.05) is 4.90 Å². The van der Waals surface area contributed by atoms with Gasteiger partial charge in [0.2, 0.25) is 0 Å². The van der Waals surface area contributed by atoms with Gasteiger partial charge in [0, 0.05) is 23.5 Å². The van der Waals surface area contributed by atoms with Crippen LogP contribution in [0.3, 0.4) is 0 Å². The van der Waals surface area contributed by atoms with Gasteiger partial charge in [-0.2, -0.15) is 0 Å². The fourth-order valence-corrected chi connectivity index (χ4v) is 5.17. The number of hydrogen-bond donors (Lipinski definition) is 0. The quantitative estimate of drug-likeness (QED) is 0.282. The Balaban J connectivity index is 1.50. The molecule has 0 amide bonds. The SMILES string of the molecule is C=C/C=C\C=C(/Cc1ccc2ccccc2c1)N1C(=C)/C=C\C(CCC2=CC=CC2)=C/Cc2ccccc21. The Kier molecular flexibility index (Phi) is 8.16. The predicted molar refractivity (Wildman–Crippen MR) is 165 cm³/mol. The molecule has 0 bridgehead atoms. The van der Waals surface area contributed by atoms with E-state index in [9.17, 15) is 0 Å². The van der Waals surface area contributed by atoms with Crippen molar-refractivity contribution in [2.45, 2.75) is 32.1 Å². The van der Waals surface area contributed by atoms with Crippen molar-refractivity contribution < 1.29 is 0 Å². The fourth-order valence-electron chi connectivity index (χ4n) is 5.17. The molecule has 188 valence electrons.